The van der Waals surface area contributed by atoms with Crippen molar-refractivity contribution < 1.29 is 17.6 Å². The lowest BCUT2D eigenvalue weighted by atomic mass is 10.3. The summed E-state index contributed by atoms with van der Waals surface area (Å²) in [5.74, 6) is -0.967. The third kappa shape index (κ3) is 4.43. The Balaban J connectivity index is 2.79. The normalized spacial score (nSPS) is 11.3. The zero-order valence-electron chi connectivity index (χ0n) is 10.7. The highest BCUT2D eigenvalue weighted by Crippen LogP contribution is 2.26. The zero-order valence-corrected chi connectivity index (χ0v) is 13.1. The Morgan fingerprint density at radius 1 is 1.45 bits per heavy atom. The number of sulfonamides is 1. The smallest absolute Gasteiger partial charge is 0.241 e. The van der Waals surface area contributed by atoms with E-state index in [2.05, 4.69) is 26.0 Å². The van der Waals surface area contributed by atoms with E-state index < -0.39 is 15.8 Å². The highest BCUT2D eigenvalue weighted by molar-refractivity contribution is 9.10. The summed E-state index contributed by atoms with van der Waals surface area (Å²) >= 11 is 2.97. The molecule has 0 aliphatic heterocycles. The van der Waals surface area contributed by atoms with Crippen LogP contribution in [0.4, 0.5) is 10.1 Å². The van der Waals surface area contributed by atoms with Crippen LogP contribution in [0.3, 0.4) is 0 Å². The van der Waals surface area contributed by atoms with Crippen molar-refractivity contribution in [2.45, 2.75) is 18.2 Å². The molecule has 0 saturated heterocycles. The van der Waals surface area contributed by atoms with Gasteiger partial charge in [-0.15, -0.1) is 0 Å². The molecule has 0 radical (unpaired) electrons. The molecular formula is C11H15BrFN3O3S. The van der Waals surface area contributed by atoms with Crippen molar-refractivity contribution in [3.63, 3.8) is 0 Å². The van der Waals surface area contributed by atoms with Gasteiger partial charge < -0.3 is 11.1 Å². The molecule has 0 saturated carbocycles. The van der Waals surface area contributed by atoms with Crippen molar-refractivity contribution in [1.29, 1.82) is 0 Å². The average Bonchev–Trinajstić information content (AvgIpc) is 2.33. The molecule has 1 rings (SSSR count). The molecule has 0 aliphatic rings. The van der Waals surface area contributed by atoms with E-state index >= 15 is 0 Å². The molecule has 9 heteroatoms. The number of hydrogen-bond donors (Lipinski definition) is 3. The van der Waals surface area contributed by atoms with Gasteiger partial charge in [0.2, 0.25) is 15.9 Å². The SMILES string of the molecule is CCNC(=O)CCNS(=O)(=O)c1cc(N)c(F)cc1Br. The van der Waals surface area contributed by atoms with Crippen molar-refractivity contribution >= 4 is 37.5 Å². The topological polar surface area (TPSA) is 101 Å². The lowest BCUT2D eigenvalue weighted by molar-refractivity contribution is -0.120. The number of carbonyl (C=O) groups is 1. The van der Waals surface area contributed by atoms with E-state index in [1.807, 2.05) is 0 Å². The molecule has 0 aliphatic carbocycles. The van der Waals surface area contributed by atoms with E-state index in [9.17, 15) is 17.6 Å². The van der Waals surface area contributed by atoms with Crippen molar-refractivity contribution in [1.82, 2.24) is 10.0 Å². The summed E-state index contributed by atoms with van der Waals surface area (Å²) in [6.07, 6.45) is 0.0152. The summed E-state index contributed by atoms with van der Waals surface area (Å²) in [5.41, 5.74) is 5.08. The molecule has 1 amide bonds. The minimum Gasteiger partial charge on any atom is -0.396 e. The van der Waals surface area contributed by atoms with Crippen LogP contribution in [-0.4, -0.2) is 27.4 Å². The Morgan fingerprint density at radius 3 is 2.70 bits per heavy atom. The lowest BCUT2D eigenvalue weighted by Gasteiger charge is -2.09. The van der Waals surface area contributed by atoms with Gasteiger partial charge in [-0.25, -0.2) is 17.5 Å². The summed E-state index contributed by atoms with van der Waals surface area (Å²) in [6.45, 7) is 2.18. The minimum absolute atomic E-state index is 0.0152. The van der Waals surface area contributed by atoms with Crippen LogP contribution in [0.1, 0.15) is 13.3 Å². The van der Waals surface area contributed by atoms with Gasteiger partial charge in [0.05, 0.1) is 10.6 Å². The molecule has 20 heavy (non-hydrogen) atoms. The minimum atomic E-state index is -3.86. The van der Waals surface area contributed by atoms with E-state index in [1.54, 1.807) is 6.92 Å². The molecule has 0 fully saturated rings. The fourth-order valence-electron chi connectivity index (χ4n) is 1.41. The number of nitrogens with two attached hydrogens (primary N) is 1. The van der Waals surface area contributed by atoms with Crippen LogP contribution < -0.4 is 15.8 Å². The highest BCUT2D eigenvalue weighted by Gasteiger charge is 2.19. The molecule has 112 valence electrons. The van der Waals surface area contributed by atoms with Gasteiger partial charge in [0.1, 0.15) is 5.82 Å². The summed E-state index contributed by atoms with van der Waals surface area (Å²) < 4.78 is 39.5. The van der Waals surface area contributed by atoms with E-state index in [1.165, 1.54) is 0 Å². The first-order chi connectivity index (χ1) is 9.27. The first kappa shape index (κ1) is 16.9. The molecule has 6 nitrogen and oxygen atoms in total. The molecule has 0 heterocycles. The third-order valence-corrected chi connectivity index (χ3v) is 4.78. The number of anilines is 1. The highest BCUT2D eigenvalue weighted by atomic mass is 79.9. The fourth-order valence-corrected chi connectivity index (χ4v) is 3.49. The van der Waals surface area contributed by atoms with Crippen LogP contribution >= 0.6 is 15.9 Å². The molecule has 0 spiro atoms. The number of nitrogens with one attached hydrogen (secondary N) is 2. The summed E-state index contributed by atoms with van der Waals surface area (Å²) in [6, 6.07) is 2.00. The van der Waals surface area contributed by atoms with Gasteiger partial charge >= 0.3 is 0 Å². The maximum absolute atomic E-state index is 13.2. The van der Waals surface area contributed by atoms with Crippen LogP contribution in [-0.2, 0) is 14.8 Å². The third-order valence-electron chi connectivity index (χ3n) is 2.36. The average molecular weight is 368 g/mol. The molecule has 0 unspecified atom stereocenters. The Hall–Kier alpha value is -1.19. The quantitative estimate of drug-likeness (QED) is 0.652. The molecule has 0 atom stereocenters. The number of rotatable bonds is 6. The van der Waals surface area contributed by atoms with Gasteiger partial charge in [0.15, 0.2) is 0 Å². The van der Waals surface area contributed by atoms with Gasteiger partial charge in [0, 0.05) is 24.0 Å². The maximum Gasteiger partial charge on any atom is 0.241 e. The second-order valence-corrected chi connectivity index (χ2v) is 6.50. The largest absolute Gasteiger partial charge is 0.396 e. The van der Waals surface area contributed by atoms with Crippen LogP contribution in [0.5, 0.6) is 0 Å². The second-order valence-electron chi connectivity index (χ2n) is 3.91. The van der Waals surface area contributed by atoms with Gasteiger partial charge in [-0.1, -0.05) is 0 Å². The first-order valence-electron chi connectivity index (χ1n) is 5.78. The number of amides is 1. The van der Waals surface area contributed by atoms with Crippen molar-refractivity contribution in [2.75, 3.05) is 18.8 Å². The van der Waals surface area contributed by atoms with Crippen molar-refractivity contribution in [2.24, 2.45) is 0 Å². The summed E-state index contributed by atoms with van der Waals surface area (Å²) in [5, 5.41) is 2.55. The van der Waals surface area contributed by atoms with Crippen LogP contribution in [0.15, 0.2) is 21.5 Å². The Kier molecular flexibility index (Phi) is 5.90. The molecule has 1 aromatic carbocycles. The van der Waals surface area contributed by atoms with Gasteiger partial charge in [-0.2, -0.15) is 0 Å². The molecule has 0 aromatic heterocycles. The van der Waals surface area contributed by atoms with Crippen molar-refractivity contribution in [3.8, 4) is 0 Å². The standard InChI is InChI=1S/C11H15BrFN3O3S/c1-2-15-11(17)3-4-16-20(18,19)10-6-9(14)8(13)5-7(10)12/h5-6,16H,2-4,14H2,1H3,(H,15,17). The fraction of sp³-hybridized carbons (Fsp3) is 0.364. The van der Waals surface area contributed by atoms with Crippen LogP contribution in [0.2, 0.25) is 0 Å². The Labute approximate surface area is 125 Å². The predicted octanol–water partition coefficient (Wildman–Crippen LogP) is 0.975. The lowest BCUT2D eigenvalue weighted by Crippen LogP contribution is -2.30. The van der Waals surface area contributed by atoms with E-state index in [4.69, 9.17) is 5.73 Å². The monoisotopic (exact) mass is 367 g/mol. The van der Waals surface area contributed by atoms with E-state index in [0.29, 0.717) is 6.54 Å². The van der Waals surface area contributed by atoms with Gasteiger partial charge in [-0.05, 0) is 35.0 Å². The molecule has 0 bridgehead atoms. The number of nitrogen functional groups attached to an aromatic ring is 1. The number of hydrogen-bond acceptors (Lipinski definition) is 4. The van der Waals surface area contributed by atoms with Gasteiger partial charge in [-0.3, -0.25) is 4.79 Å². The molecule has 4 N–H and O–H groups in total. The van der Waals surface area contributed by atoms with Crippen LogP contribution in [0.25, 0.3) is 0 Å². The molecular weight excluding hydrogens is 353 g/mol. The van der Waals surface area contributed by atoms with Crippen LogP contribution in [0, 0.1) is 5.82 Å². The zero-order chi connectivity index (χ0) is 15.3. The second kappa shape index (κ2) is 7.00. The number of benzene rings is 1. The van der Waals surface area contributed by atoms with E-state index in [0.717, 1.165) is 12.1 Å². The maximum atomic E-state index is 13.2. The first-order valence-corrected chi connectivity index (χ1v) is 8.06. The van der Waals surface area contributed by atoms with E-state index in [-0.39, 0.29) is 33.9 Å². The number of halogens is 2. The summed E-state index contributed by atoms with van der Waals surface area (Å²) in [7, 11) is -3.86. The van der Waals surface area contributed by atoms with Gasteiger partial charge in [0.25, 0.3) is 0 Å². The number of carbonyl (C=O) groups excluding carboxylic acids is 1. The van der Waals surface area contributed by atoms with Crippen molar-refractivity contribution in [3.05, 3.63) is 22.4 Å². The Morgan fingerprint density at radius 2 is 2.10 bits per heavy atom. The predicted molar refractivity (Wildman–Crippen MR) is 77.0 cm³/mol. The molecule has 1 aromatic rings. The summed E-state index contributed by atoms with van der Waals surface area (Å²) in [4.78, 5) is 11.0. The Bertz CT molecular complexity index is 607.